The summed E-state index contributed by atoms with van der Waals surface area (Å²) in [7, 11) is 0. The number of carbonyl (C=O) groups is 1. The monoisotopic (exact) mass is 247 g/mol. The quantitative estimate of drug-likeness (QED) is 0.773. The first-order valence-electron chi connectivity index (χ1n) is 4.21. The van der Waals surface area contributed by atoms with E-state index in [9.17, 15) is 4.79 Å². The highest BCUT2D eigenvalue weighted by atomic mass is 32.2. The van der Waals surface area contributed by atoms with Gasteiger partial charge in [0.1, 0.15) is 5.78 Å². The van der Waals surface area contributed by atoms with Gasteiger partial charge in [0.25, 0.3) is 4.38 Å². The molecule has 14 heavy (non-hydrogen) atoms. The molecular weight excluding hydrogens is 236 g/mol. The largest absolute Gasteiger partial charge is 0.300 e. The maximum atomic E-state index is 10.8. The van der Waals surface area contributed by atoms with Gasteiger partial charge in [-0.2, -0.15) is 0 Å². The van der Waals surface area contributed by atoms with E-state index in [0.29, 0.717) is 10.5 Å². The van der Waals surface area contributed by atoms with Gasteiger partial charge in [0.05, 0.1) is 11.4 Å². The fraction of sp³-hybridized carbons (Fsp3) is 0.500. The molecule has 2 rings (SSSR count). The highest BCUT2D eigenvalue weighted by molar-refractivity contribution is 8.42. The Morgan fingerprint density at radius 1 is 1.79 bits per heavy atom. The predicted octanol–water partition coefficient (Wildman–Crippen LogP) is 0.601. The van der Waals surface area contributed by atoms with E-state index in [1.54, 1.807) is 42.2 Å². The van der Waals surface area contributed by atoms with Gasteiger partial charge in [0.15, 0.2) is 4.71 Å². The first-order chi connectivity index (χ1) is 6.66. The number of ketones is 1. The van der Waals surface area contributed by atoms with Crippen molar-refractivity contribution in [2.75, 3.05) is 5.75 Å². The minimum Gasteiger partial charge on any atom is -0.299 e. The lowest BCUT2D eigenvalue weighted by atomic mass is 10.5. The van der Waals surface area contributed by atoms with Crippen molar-refractivity contribution in [3.05, 3.63) is 11.1 Å². The molecule has 0 spiro atoms. The molecule has 0 fully saturated rings. The summed E-state index contributed by atoms with van der Waals surface area (Å²) in [6.45, 7) is 3.70. The summed E-state index contributed by atoms with van der Waals surface area (Å²) >= 11 is 5.17. The maximum absolute atomic E-state index is 10.8. The molecule has 0 bridgehead atoms. The number of Topliss-reactive ketones (excluding diaryl/α,β-unsaturated/α-hetero) is 1. The second-order valence-electron chi connectivity index (χ2n) is 3.08. The molecule has 1 unspecified atom stereocenters. The molecule has 1 atom stereocenters. The Kier molecular flexibility index (Phi) is 3.14. The Hall–Kier alpha value is -0.0700. The topological polar surface area (TPSA) is 34.3 Å². The second kappa shape index (κ2) is 4.20. The average Bonchev–Trinajstić information content (AvgIpc) is 2.65. The lowest BCUT2D eigenvalue weighted by Crippen LogP contribution is -2.79. The molecule has 0 aromatic rings. The van der Waals surface area contributed by atoms with Gasteiger partial charge in [-0.1, -0.05) is 11.8 Å². The van der Waals surface area contributed by atoms with E-state index in [1.165, 1.54) is 5.70 Å². The third-order valence-electron chi connectivity index (χ3n) is 1.77. The van der Waals surface area contributed by atoms with Crippen LogP contribution < -0.4 is 5.10 Å². The first-order valence-corrected chi connectivity index (χ1v) is 7.01. The predicted molar refractivity (Wildman–Crippen MR) is 63.7 cm³/mol. The van der Waals surface area contributed by atoms with Crippen molar-refractivity contribution in [2.45, 2.75) is 18.6 Å². The molecule has 2 heterocycles. The number of thioether (sulfide) groups is 3. The van der Waals surface area contributed by atoms with E-state index in [0.717, 1.165) is 4.38 Å². The van der Waals surface area contributed by atoms with Gasteiger partial charge in [-0.3, -0.25) is 4.79 Å². The maximum Gasteiger partial charge on any atom is 0.300 e. The molecule has 0 saturated heterocycles. The van der Waals surface area contributed by atoms with Crippen molar-refractivity contribution in [1.29, 1.82) is 0 Å². The molecule has 0 aliphatic carbocycles. The first kappa shape index (κ1) is 10.4. The van der Waals surface area contributed by atoms with Gasteiger partial charge in [-0.15, -0.1) is 10.1 Å². The number of fused-ring (bicyclic) bond motifs is 1. The van der Waals surface area contributed by atoms with Crippen LogP contribution in [0.4, 0.5) is 0 Å². The number of hydrazine groups is 1. The Balaban J connectivity index is 1.94. The number of hydrogen-bond acceptors (Lipinski definition) is 5. The number of rotatable bonds is 2. The zero-order chi connectivity index (χ0) is 10.1. The Labute approximate surface area is 95.7 Å². The van der Waals surface area contributed by atoms with E-state index >= 15 is 0 Å². The molecule has 0 aromatic heterocycles. The fourth-order valence-corrected chi connectivity index (χ4v) is 4.62. The lowest BCUT2D eigenvalue weighted by molar-refractivity contribution is -0.621. The van der Waals surface area contributed by atoms with Gasteiger partial charge >= 0.3 is 0 Å². The van der Waals surface area contributed by atoms with Crippen molar-refractivity contribution >= 4 is 45.4 Å². The van der Waals surface area contributed by atoms with Gasteiger partial charge in [0, 0.05) is 0 Å². The minimum absolute atomic E-state index is 0.219. The summed E-state index contributed by atoms with van der Waals surface area (Å²) in [4.78, 5) is 10.8. The highest BCUT2D eigenvalue weighted by Gasteiger charge is 2.38. The Bertz CT molecular complexity index is 327. The van der Waals surface area contributed by atoms with Crippen LogP contribution in [0.1, 0.15) is 13.8 Å². The van der Waals surface area contributed by atoms with Crippen LogP contribution in [0, 0.1) is 0 Å². The average molecular weight is 247 g/mol. The van der Waals surface area contributed by atoms with Crippen LogP contribution >= 0.6 is 35.3 Å². The van der Waals surface area contributed by atoms with E-state index in [1.807, 2.05) is 0 Å². The van der Waals surface area contributed by atoms with Crippen molar-refractivity contribution < 1.29 is 9.90 Å². The molecule has 0 saturated carbocycles. The van der Waals surface area contributed by atoms with Gasteiger partial charge in [-0.05, 0) is 42.8 Å². The minimum atomic E-state index is 0.219. The van der Waals surface area contributed by atoms with Crippen molar-refractivity contribution in [3.63, 3.8) is 0 Å². The molecule has 76 valence electrons. The van der Waals surface area contributed by atoms with Crippen LogP contribution in [0.5, 0.6) is 0 Å². The van der Waals surface area contributed by atoms with Crippen LogP contribution in [0.2, 0.25) is 0 Å². The zero-order valence-electron chi connectivity index (χ0n) is 7.94. The van der Waals surface area contributed by atoms with Crippen LogP contribution in [-0.4, -0.2) is 25.6 Å². The van der Waals surface area contributed by atoms with Crippen LogP contribution in [0.15, 0.2) is 11.1 Å². The third kappa shape index (κ3) is 2.12. The third-order valence-corrected chi connectivity index (χ3v) is 5.58. The SMILES string of the molecule is CC(=O)CSC1=[NH+]N2C(C)=CSC2S1. The van der Waals surface area contributed by atoms with Crippen LogP contribution in [0.3, 0.4) is 0 Å². The van der Waals surface area contributed by atoms with Crippen LogP contribution in [-0.2, 0) is 4.79 Å². The van der Waals surface area contributed by atoms with Gasteiger partial charge in [0.2, 0.25) is 0 Å². The summed E-state index contributed by atoms with van der Waals surface area (Å²) in [5, 5.41) is 7.58. The summed E-state index contributed by atoms with van der Waals surface area (Å²) in [6.07, 6.45) is 0. The molecule has 1 N–H and O–H groups in total. The zero-order valence-corrected chi connectivity index (χ0v) is 10.4. The number of nitrogens with zero attached hydrogens (tertiary/aromatic N) is 1. The van der Waals surface area contributed by atoms with Crippen molar-refractivity contribution in [1.82, 2.24) is 5.01 Å². The molecule has 0 aromatic carbocycles. The number of hydrazone groups is 1. The summed E-state index contributed by atoms with van der Waals surface area (Å²) < 4.78 is 1.55. The molecule has 3 nitrogen and oxygen atoms in total. The Morgan fingerprint density at radius 3 is 3.21 bits per heavy atom. The van der Waals surface area contributed by atoms with Crippen molar-refractivity contribution in [2.24, 2.45) is 0 Å². The van der Waals surface area contributed by atoms with Gasteiger partial charge in [-0.25, -0.2) is 0 Å². The summed E-state index contributed by atoms with van der Waals surface area (Å²) in [5.41, 5.74) is 1.24. The number of hydrogen-bond donors (Lipinski definition) is 1. The number of carbonyl (C=O) groups excluding carboxylic acids is 1. The summed E-state index contributed by atoms with van der Waals surface area (Å²) in [6, 6.07) is 0. The van der Waals surface area contributed by atoms with E-state index < -0.39 is 0 Å². The lowest BCUT2D eigenvalue weighted by Gasteiger charge is -2.05. The molecule has 0 radical (unpaired) electrons. The molecular formula is C8H11N2OS3+. The fourth-order valence-electron chi connectivity index (χ4n) is 1.11. The van der Waals surface area contributed by atoms with Crippen molar-refractivity contribution in [3.8, 4) is 0 Å². The molecule has 2 aliphatic rings. The standard InChI is InChI=1S/C8H10N2OS3/c1-5-3-13-8-10(5)9-7(14-8)12-4-6(2)11/h3,8H,4H2,1-2H3/p+1. The summed E-state index contributed by atoms with van der Waals surface area (Å²) in [5.74, 6) is 0.778. The second-order valence-corrected chi connectivity index (χ2v) is 6.67. The van der Waals surface area contributed by atoms with Gasteiger partial charge < -0.3 is 0 Å². The Morgan fingerprint density at radius 2 is 2.57 bits per heavy atom. The molecule has 0 amide bonds. The normalized spacial score (nSPS) is 24.7. The number of nitrogens with one attached hydrogen (secondary N) is 1. The molecule has 2 aliphatic heterocycles. The van der Waals surface area contributed by atoms with E-state index in [-0.39, 0.29) is 5.78 Å². The smallest absolute Gasteiger partial charge is 0.299 e. The van der Waals surface area contributed by atoms with Crippen LogP contribution in [0.25, 0.3) is 0 Å². The van der Waals surface area contributed by atoms with E-state index in [4.69, 9.17) is 0 Å². The molecule has 6 heteroatoms. The van der Waals surface area contributed by atoms with E-state index in [2.05, 4.69) is 22.4 Å². The number of allylic oxidation sites excluding steroid dienone is 1. The highest BCUT2D eigenvalue weighted by Crippen LogP contribution is 2.38.